The zero-order valence-electron chi connectivity index (χ0n) is 8.69. The van der Waals surface area contributed by atoms with Crippen molar-refractivity contribution in [2.45, 2.75) is 31.0 Å². The van der Waals surface area contributed by atoms with Crippen molar-refractivity contribution >= 4 is 23.1 Å². The Kier molecular flexibility index (Phi) is 4.84. The van der Waals surface area contributed by atoms with E-state index < -0.39 is 0 Å². The minimum atomic E-state index is 0.279. The SMILES string of the molecule is CC(C)(CN)CCCSc1nncs1. The van der Waals surface area contributed by atoms with Crippen LogP contribution in [0.1, 0.15) is 26.7 Å². The van der Waals surface area contributed by atoms with Gasteiger partial charge in [-0.25, -0.2) is 0 Å². The Bertz CT molecular complexity index is 247. The molecule has 0 aliphatic rings. The molecule has 0 atom stereocenters. The highest BCUT2D eigenvalue weighted by Crippen LogP contribution is 2.25. The Hall–Kier alpha value is -0.130. The lowest BCUT2D eigenvalue weighted by atomic mass is 9.88. The normalized spacial score (nSPS) is 11.9. The maximum atomic E-state index is 5.66. The summed E-state index contributed by atoms with van der Waals surface area (Å²) in [4.78, 5) is 0. The molecule has 5 heteroatoms. The van der Waals surface area contributed by atoms with E-state index in [0.29, 0.717) is 0 Å². The van der Waals surface area contributed by atoms with Crippen molar-refractivity contribution in [2.24, 2.45) is 11.1 Å². The largest absolute Gasteiger partial charge is 0.330 e. The maximum Gasteiger partial charge on any atom is 0.174 e. The lowest BCUT2D eigenvalue weighted by Crippen LogP contribution is -2.23. The summed E-state index contributed by atoms with van der Waals surface area (Å²) in [6.07, 6.45) is 2.36. The van der Waals surface area contributed by atoms with Gasteiger partial charge in [0.15, 0.2) is 4.34 Å². The predicted molar refractivity (Wildman–Crippen MR) is 62.7 cm³/mol. The van der Waals surface area contributed by atoms with Crippen LogP contribution in [0.25, 0.3) is 0 Å². The fourth-order valence-electron chi connectivity index (χ4n) is 1.04. The number of thioether (sulfide) groups is 1. The van der Waals surface area contributed by atoms with Crippen LogP contribution in [0.15, 0.2) is 9.85 Å². The second-order valence-corrected chi connectivity index (χ2v) is 6.20. The van der Waals surface area contributed by atoms with Crippen LogP contribution < -0.4 is 5.73 Å². The summed E-state index contributed by atoms with van der Waals surface area (Å²) in [5.41, 5.74) is 7.71. The van der Waals surface area contributed by atoms with Gasteiger partial charge in [0, 0.05) is 5.75 Å². The number of nitrogens with two attached hydrogens (primary N) is 1. The third-order valence-electron chi connectivity index (χ3n) is 2.12. The van der Waals surface area contributed by atoms with Crippen molar-refractivity contribution in [1.82, 2.24) is 10.2 Å². The molecule has 80 valence electrons. The molecule has 0 saturated carbocycles. The second kappa shape index (κ2) is 5.68. The zero-order chi connectivity index (χ0) is 10.4. The van der Waals surface area contributed by atoms with Crippen LogP contribution in [0.4, 0.5) is 0 Å². The van der Waals surface area contributed by atoms with Crippen LogP contribution >= 0.6 is 23.1 Å². The first-order valence-electron chi connectivity index (χ1n) is 4.73. The van der Waals surface area contributed by atoms with E-state index in [2.05, 4.69) is 24.0 Å². The maximum absolute atomic E-state index is 5.66. The summed E-state index contributed by atoms with van der Waals surface area (Å²) in [5, 5.41) is 7.77. The highest BCUT2D eigenvalue weighted by atomic mass is 32.2. The third kappa shape index (κ3) is 4.39. The highest BCUT2D eigenvalue weighted by Gasteiger charge is 2.14. The molecule has 1 aromatic rings. The van der Waals surface area contributed by atoms with Crippen LogP contribution in [0.5, 0.6) is 0 Å². The quantitative estimate of drug-likeness (QED) is 0.603. The fourth-order valence-corrected chi connectivity index (χ4v) is 2.54. The molecule has 0 amide bonds. The van der Waals surface area contributed by atoms with Gasteiger partial charge in [0.25, 0.3) is 0 Å². The molecule has 0 aliphatic heterocycles. The first kappa shape index (κ1) is 11.9. The van der Waals surface area contributed by atoms with Crippen molar-refractivity contribution in [1.29, 1.82) is 0 Å². The highest BCUT2D eigenvalue weighted by molar-refractivity contribution is 8.00. The molecule has 0 aromatic carbocycles. The van der Waals surface area contributed by atoms with E-state index in [4.69, 9.17) is 5.73 Å². The summed E-state index contributed by atoms with van der Waals surface area (Å²) in [6, 6.07) is 0. The number of hydrogen-bond acceptors (Lipinski definition) is 5. The van der Waals surface area contributed by atoms with Crippen molar-refractivity contribution in [2.75, 3.05) is 12.3 Å². The molecule has 0 unspecified atom stereocenters. The van der Waals surface area contributed by atoms with Gasteiger partial charge in [0.05, 0.1) is 0 Å². The van der Waals surface area contributed by atoms with Crippen LogP contribution in [0.2, 0.25) is 0 Å². The molecule has 3 nitrogen and oxygen atoms in total. The van der Waals surface area contributed by atoms with Crippen LogP contribution in [-0.4, -0.2) is 22.5 Å². The molecule has 1 heterocycles. The van der Waals surface area contributed by atoms with Gasteiger partial charge in [0.1, 0.15) is 5.51 Å². The number of rotatable bonds is 6. The lowest BCUT2D eigenvalue weighted by Gasteiger charge is -2.21. The van der Waals surface area contributed by atoms with Crippen molar-refractivity contribution in [3.8, 4) is 0 Å². The predicted octanol–water partition coefficient (Wildman–Crippen LogP) is 2.40. The molecule has 1 rings (SSSR count). The number of nitrogens with zero attached hydrogens (tertiary/aromatic N) is 2. The van der Waals surface area contributed by atoms with Gasteiger partial charge >= 0.3 is 0 Å². The summed E-state index contributed by atoms with van der Waals surface area (Å²) < 4.78 is 1.07. The average Bonchev–Trinajstić information content (AvgIpc) is 2.65. The van der Waals surface area contributed by atoms with E-state index >= 15 is 0 Å². The Labute approximate surface area is 93.5 Å². The van der Waals surface area contributed by atoms with E-state index in [0.717, 1.165) is 16.6 Å². The Balaban J connectivity index is 2.11. The van der Waals surface area contributed by atoms with E-state index in [1.54, 1.807) is 28.6 Å². The van der Waals surface area contributed by atoms with Gasteiger partial charge in [-0.2, -0.15) is 0 Å². The average molecular weight is 231 g/mol. The molecule has 14 heavy (non-hydrogen) atoms. The summed E-state index contributed by atoms with van der Waals surface area (Å²) in [7, 11) is 0. The smallest absolute Gasteiger partial charge is 0.174 e. The first-order valence-corrected chi connectivity index (χ1v) is 6.60. The molecular formula is C9H17N3S2. The molecule has 2 N–H and O–H groups in total. The van der Waals surface area contributed by atoms with Crippen LogP contribution in [0.3, 0.4) is 0 Å². The van der Waals surface area contributed by atoms with Gasteiger partial charge in [-0.15, -0.1) is 10.2 Å². The summed E-state index contributed by atoms with van der Waals surface area (Å²) in [6.45, 7) is 5.18. The molecule has 0 spiro atoms. The Morgan fingerprint density at radius 3 is 2.93 bits per heavy atom. The van der Waals surface area contributed by atoms with Gasteiger partial charge < -0.3 is 5.73 Å². The second-order valence-electron chi connectivity index (χ2n) is 4.02. The molecule has 0 aliphatic carbocycles. The Morgan fingerprint density at radius 1 is 1.57 bits per heavy atom. The molecule has 0 bridgehead atoms. The van der Waals surface area contributed by atoms with E-state index in [9.17, 15) is 0 Å². The first-order chi connectivity index (χ1) is 6.64. The minimum absolute atomic E-state index is 0.279. The van der Waals surface area contributed by atoms with E-state index in [1.807, 2.05) is 0 Å². The van der Waals surface area contributed by atoms with Gasteiger partial charge in [-0.05, 0) is 24.8 Å². The van der Waals surface area contributed by atoms with Crippen molar-refractivity contribution in [3.05, 3.63) is 5.51 Å². The van der Waals surface area contributed by atoms with Crippen molar-refractivity contribution in [3.63, 3.8) is 0 Å². The lowest BCUT2D eigenvalue weighted by molar-refractivity contribution is 0.345. The van der Waals surface area contributed by atoms with Gasteiger partial charge in [0.2, 0.25) is 0 Å². The number of aromatic nitrogens is 2. The van der Waals surface area contributed by atoms with E-state index in [1.165, 1.54) is 12.8 Å². The summed E-state index contributed by atoms with van der Waals surface area (Å²) >= 11 is 3.39. The molecule has 1 aromatic heterocycles. The Morgan fingerprint density at radius 2 is 2.36 bits per heavy atom. The van der Waals surface area contributed by atoms with E-state index in [-0.39, 0.29) is 5.41 Å². The van der Waals surface area contributed by atoms with Crippen LogP contribution in [0, 0.1) is 5.41 Å². The van der Waals surface area contributed by atoms with Crippen LogP contribution in [-0.2, 0) is 0 Å². The zero-order valence-corrected chi connectivity index (χ0v) is 10.3. The molecule has 0 saturated heterocycles. The van der Waals surface area contributed by atoms with Crippen molar-refractivity contribution < 1.29 is 0 Å². The molecular weight excluding hydrogens is 214 g/mol. The summed E-state index contributed by atoms with van der Waals surface area (Å²) in [5.74, 6) is 1.11. The monoisotopic (exact) mass is 231 g/mol. The topological polar surface area (TPSA) is 51.8 Å². The van der Waals surface area contributed by atoms with Gasteiger partial charge in [-0.1, -0.05) is 36.9 Å². The third-order valence-corrected chi connectivity index (χ3v) is 4.06. The molecule has 0 fully saturated rings. The number of hydrogen-bond donors (Lipinski definition) is 1. The molecule has 0 radical (unpaired) electrons. The standard InChI is InChI=1S/C9H17N3S2/c1-9(2,6-10)4-3-5-13-8-12-11-7-14-8/h7H,3-6,10H2,1-2H3. The minimum Gasteiger partial charge on any atom is -0.330 e. The van der Waals surface area contributed by atoms with Gasteiger partial charge in [-0.3, -0.25) is 0 Å². The fraction of sp³-hybridized carbons (Fsp3) is 0.778.